The number of nitrogens with one attached hydrogen (secondary N) is 1. The maximum absolute atomic E-state index is 12.3. The Morgan fingerprint density at radius 2 is 1.85 bits per heavy atom. The van der Waals surface area contributed by atoms with Crippen LogP contribution in [0, 0.1) is 0 Å². The van der Waals surface area contributed by atoms with Gasteiger partial charge in [0.2, 0.25) is 5.91 Å². The van der Waals surface area contributed by atoms with Crippen molar-refractivity contribution in [3.05, 3.63) is 11.8 Å². The lowest BCUT2D eigenvalue weighted by atomic mass is 9.92. The lowest BCUT2D eigenvalue weighted by Gasteiger charge is -2.23. The summed E-state index contributed by atoms with van der Waals surface area (Å²) in [5.41, 5.74) is -0.755. The van der Waals surface area contributed by atoms with Gasteiger partial charge in [0.1, 0.15) is 10.5 Å². The summed E-state index contributed by atoms with van der Waals surface area (Å²) < 4.78 is 64.2. The van der Waals surface area contributed by atoms with Gasteiger partial charge < -0.3 is 14.9 Å². The summed E-state index contributed by atoms with van der Waals surface area (Å²) >= 11 is 0. The number of nitrogens with zero attached hydrogens (tertiary/aromatic N) is 1. The molecule has 0 unspecified atom stereocenters. The van der Waals surface area contributed by atoms with Crippen molar-refractivity contribution in [3.63, 3.8) is 0 Å². The molecule has 0 radical (unpaired) electrons. The van der Waals surface area contributed by atoms with E-state index >= 15 is 0 Å². The highest BCUT2D eigenvalue weighted by Crippen LogP contribution is 2.27. The third kappa shape index (κ3) is 5.44. The predicted molar refractivity (Wildman–Crippen MR) is 88.4 cm³/mol. The molecule has 1 rings (SSSR count). The Morgan fingerprint density at radius 1 is 1.27 bits per heavy atom. The number of carbonyl (C=O) groups excluding carboxylic acids is 1. The number of aliphatic hydroxyl groups is 1. The van der Waals surface area contributed by atoms with Crippen LogP contribution in [0.5, 0.6) is 0 Å². The highest BCUT2D eigenvalue weighted by atomic mass is 32.2. The second kappa shape index (κ2) is 7.55. The molecule has 0 spiro atoms. The summed E-state index contributed by atoms with van der Waals surface area (Å²) in [6.07, 6.45) is -6.33. The fourth-order valence-electron chi connectivity index (χ4n) is 1.86. The molecule has 1 heterocycles. The number of anilines is 1. The Balaban J connectivity index is 2.84. The maximum Gasteiger partial charge on any atom is 0.389 e. The molecule has 0 aliphatic carbocycles. The third-order valence-electron chi connectivity index (χ3n) is 4.01. The molecule has 2 N–H and O–H groups in total. The number of aromatic nitrogens is 1. The van der Waals surface area contributed by atoms with Crippen molar-refractivity contribution in [3.8, 4) is 0 Å². The van der Waals surface area contributed by atoms with Crippen LogP contribution in [0.4, 0.5) is 19.0 Å². The summed E-state index contributed by atoms with van der Waals surface area (Å²) in [5, 5.41) is 15.2. The van der Waals surface area contributed by atoms with E-state index in [2.05, 4.69) is 10.5 Å². The Kier molecular flexibility index (Phi) is 6.51. The van der Waals surface area contributed by atoms with Crippen LogP contribution in [0.3, 0.4) is 0 Å². The quantitative estimate of drug-likeness (QED) is 0.694. The van der Waals surface area contributed by atoms with Gasteiger partial charge >= 0.3 is 6.18 Å². The SMILES string of the molecule is CC(C)(CO)c1cc(NC(=O)C(C)(C)S(=O)(=O)CCCC(F)(F)F)no1. The minimum atomic E-state index is -4.46. The van der Waals surface area contributed by atoms with E-state index in [-0.39, 0.29) is 18.2 Å². The molecular weight excluding hydrogens is 377 g/mol. The average molecular weight is 400 g/mol. The van der Waals surface area contributed by atoms with Crippen LogP contribution in [0.2, 0.25) is 0 Å². The summed E-state index contributed by atoms with van der Waals surface area (Å²) in [6, 6.07) is 1.35. The van der Waals surface area contributed by atoms with Gasteiger partial charge in [0.25, 0.3) is 0 Å². The third-order valence-corrected chi connectivity index (χ3v) is 6.58. The summed E-state index contributed by atoms with van der Waals surface area (Å²) in [6.45, 7) is 5.34. The van der Waals surface area contributed by atoms with E-state index in [0.717, 1.165) is 13.8 Å². The minimum Gasteiger partial charge on any atom is -0.395 e. The molecular formula is C15H23F3N2O5S. The second-order valence-corrected chi connectivity index (χ2v) is 9.78. The first kappa shape index (κ1) is 22.4. The number of sulfone groups is 1. The number of aliphatic hydroxyl groups excluding tert-OH is 1. The van der Waals surface area contributed by atoms with Crippen LogP contribution < -0.4 is 5.32 Å². The van der Waals surface area contributed by atoms with Gasteiger partial charge in [-0.25, -0.2) is 8.42 Å². The molecule has 0 atom stereocenters. The summed E-state index contributed by atoms with van der Waals surface area (Å²) in [7, 11) is -4.14. The molecule has 0 bridgehead atoms. The number of alkyl halides is 3. The van der Waals surface area contributed by atoms with Crippen LogP contribution in [-0.2, 0) is 20.0 Å². The first-order chi connectivity index (χ1) is 11.6. The van der Waals surface area contributed by atoms with Gasteiger partial charge in [-0.3, -0.25) is 4.79 Å². The number of amides is 1. The van der Waals surface area contributed by atoms with E-state index in [9.17, 15) is 31.5 Å². The maximum atomic E-state index is 12.3. The lowest BCUT2D eigenvalue weighted by molar-refractivity contribution is -0.134. The lowest BCUT2D eigenvalue weighted by Crippen LogP contribution is -2.45. The molecule has 1 aromatic heterocycles. The van der Waals surface area contributed by atoms with E-state index < -0.39 is 50.7 Å². The Hall–Kier alpha value is -1.62. The molecule has 26 heavy (non-hydrogen) atoms. The zero-order valence-corrected chi connectivity index (χ0v) is 15.8. The minimum absolute atomic E-state index is 0.0508. The van der Waals surface area contributed by atoms with Crippen molar-refractivity contribution in [1.29, 1.82) is 0 Å². The van der Waals surface area contributed by atoms with E-state index in [0.29, 0.717) is 0 Å². The van der Waals surface area contributed by atoms with Crippen molar-refractivity contribution in [2.45, 2.75) is 56.9 Å². The topological polar surface area (TPSA) is 110 Å². The smallest absolute Gasteiger partial charge is 0.389 e. The number of hydrogen-bond acceptors (Lipinski definition) is 6. The van der Waals surface area contributed by atoms with E-state index in [1.165, 1.54) is 6.07 Å². The van der Waals surface area contributed by atoms with Crippen LogP contribution in [0.25, 0.3) is 0 Å². The Bertz CT molecular complexity index is 739. The Labute approximate surface area is 149 Å². The zero-order chi connectivity index (χ0) is 20.4. The molecule has 0 aromatic carbocycles. The Morgan fingerprint density at radius 3 is 2.35 bits per heavy atom. The predicted octanol–water partition coefficient (Wildman–Crippen LogP) is 2.42. The highest BCUT2D eigenvalue weighted by Gasteiger charge is 2.42. The molecule has 1 aromatic rings. The highest BCUT2D eigenvalue weighted by molar-refractivity contribution is 7.93. The molecule has 11 heteroatoms. The standard InChI is InChI=1S/C15H23F3N2O5S/c1-13(2,9-21)10-8-11(20-25-10)19-12(22)14(3,4)26(23,24)7-5-6-15(16,17)18/h8,21H,5-7,9H2,1-4H3,(H,19,20,22). The molecule has 0 fully saturated rings. The van der Waals surface area contributed by atoms with E-state index in [4.69, 9.17) is 4.52 Å². The van der Waals surface area contributed by atoms with Gasteiger partial charge in [-0.15, -0.1) is 0 Å². The molecule has 150 valence electrons. The van der Waals surface area contributed by atoms with Crippen molar-refractivity contribution >= 4 is 21.6 Å². The van der Waals surface area contributed by atoms with Gasteiger partial charge in [0.15, 0.2) is 15.7 Å². The summed E-state index contributed by atoms with van der Waals surface area (Å²) in [4.78, 5) is 12.3. The molecule has 0 saturated carbocycles. The number of carbonyl (C=O) groups is 1. The zero-order valence-electron chi connectivity index (χ0n) is 15.0. The number of rotatable bonds is 8. The molecule has 0 aliphatic rings. The summed E-state index contributed by atoms with van der Waals surface area (Å²) in [5.74, 6) is -1.48. The molecule has 0 aliphatic heterocycles. The van der Waals surface area contributed by atoms with Crippen LogP contribution in [-0.4, -0.2) is 47.9 Å². The fourth-order valence-corrected chi connectivity index (χ4v) is 3.23. The van der Waals surface area contributed by atoms with Crippen LogP contribution >= 0.6 is 0 Å². The van der Waals surface area contributed by atoms with E-state index in [1.807, 2.05) is 0 Å². The van der Waals surface area contributed by atoms with Crippen molar-refractivity contribution < 1.29 is 36.0 Å². The number of hydrogen-bond donors (Lipinski definition) is 2. The van der Waals surface area contributed by atoms with Gasteiger partial charge in [-0.05, 0) is 20.3 Å². The normalized spacial score (nSPS) is 13.7. The monoisotopic (exact) mass is 400 g/mol. The van der Waals surface area contributed by atoms with E-state index in [1.54, 1.807) is 13.8 Å². The first-order valence-corrected chi connectivity index (χ1v) is 9.46. The molecule has 1 amide bonds. The van der Waals surface area contributed by atoms with Gasteiger partial charge in [0.05, 0.1) is 12.4 Å². The molecule has 7 nitrogen and oxygen atoms in total. The van der Waals surface area contributed by atoms with Gasteiger partial charge in [-0.2, -0.15) is 13.2 Å². The van der Waals surface area contributed by atoms with Crippen molar-refractivity contribution in [2.75, 3.05) is 17.7 Å². The van der Waals surface area contributed by atoms with Gasteiger partial charge in [-0.1, -0.05) is 19.0 Å². The van der Waals surface area contributed by atoms with Gasteiger partial charge in [0, 0.05) is 17.9 Å². The molecule has 0 saturated heterocycles. The largest absolute Gasteiger partial charge is 0.395 e. The number of halogens is 3. The van der Waals surface area contributed by atoms with Crippen LogP contribution in [0.1, 0.15) is 46.3 Å². The fraction of sp³-hybridized carbons (Fsp3) is 0.733. The average Bonchev–Trinajstić information content (AvgIpc) is 2.94. The van der Waals surface area contributed by atoms with Crippen molar-refractivity contribution in [1.82, 2.24) is 5.16 Å². The van der Waals surface area contributed by atoms with Crippen LogP contribution in [0.15, 0.2) is 10.6 Å². The second-order valence-electron chi connectivity index (χ2n) is 7.12. The first-order valence-electron chi connectivity index (χ1n) is 7.81. The van der Waals surface area contributed by atoms with Crippen molar-refractivity contribution in [2.24, 2.45) is 0 Å².